The highest BCUT2D eigenvalue weighted by Gasteiger charge is 2.37. The number of methoxy groups -OCH3 is 1. The number of ether oxygens (including phenoxy) is 3. The monoisotopic (exact) mass is 523 g/mol. The van der Waals surface area contributed by atoms with Crippen LogP contribution in [0.3, 0.4) is 0 Å². The van der Waals surface area contributed by atoms with E-state index in [1.165, 1.54) is 13.2 Å². The Balaban J connectivity index is 1.82. The predicted octanol–water partition coefficient (Wildman–Crippen LogP) is 5.96. The number of carbonyl (C=O) groups excluding carboxylic acids is 3. The fraction of sp³-hybridized carbons (Fsp3) is 0.292. The number of rotatable bonds is 9. The lowest BCUT2D eigenvalue weighted by molar-refractivity contribution is -0.150. The largest absolute Gasteiger partial charge is 0.493 e. The van der Waals surface area contributed by atoms with Crippen molar-refractivity contribution < 1.29 is 28.6 Å². The molecule has 2 amide bonds. The first-order valence-corrected chi connectivity index (χ1v) is 12.0. The maximum Gasteiger partial charge on any atom is 0.326 e. The van der Waals surface area contributed by atoms with E-state index in [1.807, 2.05) is 6.92 Å². The molecule has 7 nitrogen and oxygen atoms in total. The van der Waals surface area contributed by atoms with Crippen LogP contribution in [0.4, 0.5) is 4.79 Å². The van der Waals surface area contributed by atoms with Crippen molar-refractivity contribution in [3.63, 3.8) is 0 Å². The number of nitrogens with zero attached hydrogens (tertiary/aromatic N) is 1. The van der Waals surface area contributed by atoms with Crippen molar-refractivity contribution in [3.05, 3.63) is 62.5 Å². The molecular weight excluding hydrogens is 501 g/mol. The highest BCUT2D eigenvalue weighted by molar-refractivity contribution is 8.18. The number of hydrogen-bond donors (Lipinski definition) is 0. The number of carbonyl (C=O) groups is 3. The van der Waals surface area contributed by atoms with Gasteiger partial charge in [0.15, 0.2) is 11.5 Å². The molecule has 0 aliphatic carbocycles. The van der Waals surface area contributed by atoms with Crippen molar-refractivity contribution in [2.45, 2.75) is 33.0 Å². The van der Waals surface area contributed by atoms with Crippen molar-refractivity contribution in [1.29, 1.82) is 0 Å². The van der Waals surface area contributed by atoms with Gasteiger partial charge in [0.25, 0.3) is 11.1 Å². The molecule has 0 radical (unpaired) electrons. The third-order valence-corrected chi connectivity index (χ3v) is 6.47. The SMILES string of the molecule is CC[C@H](C)OC(=O)CN1C(=O)S/C(=C/c2cccc(OC)c2OCc2ccc(Cl)cc2Cl)C1=O. The fourth-order valence-corrected chi connectivity index (χ4v) is 4.29. The molecule has 0 aromatic heterocycles. The van der Waals surface area contributed by atoms with E-state index in [2.05, 4.69) is 0 Å². The average Bonchev–Trinajstić information content (AvgIpc) is 3.06. The summed E-state index contributed by atoms with van der Waals surface area (Å²) >= 11 is 12.9. The van der Waals surface area contributed by atoms with E-state index in [0.717, 1.165) is 16.7 Å². The van der Waals surface area contributed by atoms with Crippen LogP contribution in [0.15, 0.2) is 41.3 Å². The number of halogens is 2. The number of hydrogen-bond acceptors (Lipinski definition) is 7. The summed E-state index contributed by atoms with van der Waals surface area (Å²) in [5.74, 6) is -0.400. The van der Waals surface area contributed by atoms with Gasteiger partial charge in [0.1, 0.15) is 13.2 Å². The van der Waals surface area contributed by atoms with Crippen LogP contribution in [0.5, 0.6) is 11.5 Å². The van der Waals surface area contributed by atoms with Crippen molar-refractivity contribution in [2.24, 2.45) is 0 Å². The molecule has 1 heterocycles. The third kappa shape index (κ3) is 6.25. The van der Waals surface area contributed by atoms with Gasteiger partial charge in [-0.1, -0.05) is 48.3 Å². The Kier molecular flexibility index (Phi) is 8.88. The number of esters is 1. The van der Waals surface area contributed by atoms with Crippen molar-refractivity contribution >= 4 is 58.2 Å². The minimum atomic E-state index is -0.636. The topological polar surface area (TPSA) is 82.1 Å². The van der Waals surface area contributed by atoms with E-state index in [0.29, 0.717) is 39.1 Å². The van der Waals surface area contributed by atoms with Gasteiger partial charge in [-0.25, -0.2) is 0 Å². The molecule has 1 atom stereocenters. The number of para-hydroxylation sites is 1. The second kappa shape index (κ2) is 11.6. The molecule has 1 aliphatic heterocycles. The van der Waals surface area contributed by atoms with E-state index < -0.39 is 23.7 Å². The van der Waals surface area contributed by atoms with Crippen LogP contribution < -0.4 is 9.47 Å². The molecule has 0 spiro atoms. The average molecular weight is 524 g/mol. The Hall–Kier alpha value is -2.68. The van der Waals surface area contributed by atoms with E-state index in [4.69, 9.17) is 37.4 Å². The Labute approximate surface area is 211 Å². The van der Waals surface area contributed by atoms with Crippen LogP contribution in [0.1, 0.15) is 31.4 Å². The summed E-state index contributed by atoms with van der Waals surface area (Å²) in [5, 5.41) is 0.417. The van der Waals surface area contributed by atoms with Crippen LogP contribution in [0.2, 0.25) is 10.0 Å². The molecular formula is C24H23Cl2NO6S. The molecule has 34 heavy (non-hydrogen) atoms. The van der Waals surface area contributed by atoms with E-state index in [-0.39, 0.29) is 17.6 Å². The predicted molar refractivity (Wildman–Crippen MR) is 132 cm³/mol. The number of imide groups is 1. The minimum Gasteiger partial charge on any atom is -0.493 e. The highest BCUT2D eigenvalue weighted by Crippen LogP contribution is 2.38. The van der Waals surface area contributed by atoms with Gasteiger partial charge in [0.05, 0.1) is 18.1 Å². The first-order chi connectivity index (χ1) is 16.2. The van der Waals surface area contributed by atoms with Crippen LogP contribution in [0.25, 0.3) is 6.08 Å². The molecule has 2 aromatic rings. The molecule has 1 saturated heterocycles. The summed E-state index contributed by atoms with van der Waals surface area (Å²) in [4.78, 5) is 38.3. The molecule has 180 valence electrons. The zero-order valence-corrected chi connectivity index (χ0v) is 21.1. The first kappa shape index (κ1) is 25.9. The Morgan fingerprint density at radius 2 is 1.97 bits per heavy atom. The molecule has 2 aromatic carbocycles. The van der Waals surface area contributed by atoms with Crippen molar-refractivity contribution in [2.75, 3.05) is 13.7 Å². The molecule has 0 saturated carbocycles. The summed E-state index contributed by atoms with van der Waals surface area (Å²) in [7, 11) is 1.50. The maximum atomic E-state index is 12.8. The molecule has 1 aliphatic rings. The van der Waals surface area contributed by atoms with Gasteiger partial charge in [0, 0.05) is 21.2 Å². The standard InChI is InChI=1S/C24H23Cl2NO6S/c1-4-14(2)33-21(28)12-27-23(29)20(34-24(27)30)10-15-6-5-7-19(31-3)22(15)32-13-16-8-9-17(25)11-18(16)26/h5-11,14H,4,12-13H2,1-3H3/b20-10+/t14-/m0/s1. The lowest BCUT2D eigenvalue weighted by Gasteiger charge is -2.15. The third-order valence-electron chi connectivity index (χ3n) is 4.97. The van der Waals surface area contributed by atoms with E-state index in [1.54, 1.807) is 43.3 Å². The smallest absolute Gasteiger partial charge is 0.326 e. The van der Waals surface area contributed by atoms with Gasteiger partial charge in [-0.3, -0.25) is 19.3 Å². The highest BCUT2D eigenvalue weighted by atomic mass is 35.5. The summed E-state index contributed by atoms with van der Waals surface area (Å²) in [6.07, 6.45) is 1.87. The normalized spacial score (nSPS) is 15.6. The Morgan fingerprint density at radius 1 is 1.21 bits per heavy atom. The zero-order valence-electron chi connectivity index (χ0n) is 18.8. The minimum absolute atomic E-state index is 0.125. The van der Waals surface area contributed by atoms with Gasteiger partial charge in [-0.05, 0) is 49.4 Å². The van der Waals surface area contributed by atoms with E-state index in [9.17, 15) is 14.4 Å². The summed E-state index contributed by atoms with van der Waals surface area (Å²) in [6.45, 7) is 3.30. The summed E-state index contributed by atoms with van der Waals surface area (Å²) in [5.41, 5.74) is 1.24. The Morgan fingerprint density at radius 3 is 2.65 bits per heavy atom. The van der Waals surface area contributed by atoms with Gasteiger partial charge in [0.2, 0.25) is 0 Å². The number of benzene rings is 2. The molecule has 0 bridgehead atoms. The fourth-order valence-electron chi connectivity index (χ4n) is 3.00. The second-order valence-electron chi connectivity index (χ2n) is 7.38. The molecule has 10 heteroatoms. The zero-order chi connectivity index (χ0) is 24.8. The van der Waals surface area contributed by atoms with Crippen LogP contribution in [-0.2, 0) is 20.9 Å². The number of thioether (sulfide) groups is 1. The van der Waals surface area contributed by atoms with Gasteiger partial charge < -0.3 is 14.2 Å². The summed E-state index contributed by atoms with van der Waals surface area (Å²) < 4.78 is 16.6. The van der Waals surface area contributed by atoms with Crippen molar-refractivity contribution in [3.8, 4) is 11.5 Å². The lowest BCUT2D eigenvalue weighted by Crippen LogP contribution is -2.35. The lowest BCUT2D eigenvalue weighted by atomic mass is 10.1. The van der Waals surface area contributed by atoms with Crippen LogP contribution >= 0.6 is 35.0 Å². The quantitative estimate of drug-likeness (QED) is 0.296. The Bertz CT molecular complexity index is 1140. The van der Waals surface area contributed by atoms with Gasteiger partial charge in [-0.15, -0.1) is 0 Å². The molecule has 1 fully saturated rings. The van der Waals surface area contributed by atoms with Crippen LogP contribution in [0, 0.1) is 0 Å². The van der Waals surface area contributed by atoms with Crippen molar-refractivity contribution in [1.82, 2.24) is 4.90 Å². The van der Waals surface area contributed by atoms with Crippen LogP contribution in [-0.4, -0.2) is 41.8 Å². The second-order valence-corrected chi connectivity index (χ2v) is 9.22. The maximum absolute atomic E-state index is 12.8. The molecule has 3 rings (SSSR count). The van der Waals surface area contributed by atoms with Gasteiger partial charge in [-0.2, -0.15) is 0 Å². The molecule has 0 N–H and O–H groups in total. The number of amides is 2. The molecule has 0 unspecified atom stereocenters. The summed E-state index contributed by atoms with van der Waals surface area (Å²) in [6, 6.07) is 10.3. The first-order valence-electron chi connectivity index (χ1n) is 10.4. The van der Waals surface area contributed by atoms with E-state index >= 15 is 0 Å². The van der Waals surface area contributed by atoms with Gasteiger partial charge >= 0.3 is 5.97 Å².